The van der Waals surface area contributed by atoms with Crippen molar-refractivity contribution in [3.63, 3.8) is 0 Å². The Bertz CT molecular complexity index is 1010. The summed E-state index contributed by atoms with van der Waals surface area (Å²) in [5.41, 5.74) is 3.12. The van der Waals surface area contributed by atoms with E-state index >= 15 is 0 Å². The van der Waals surface area contributed by atoms with Crippen LogP contribution in [-0.2, 0) is 10.0 Å². The lowest BCUT2D eigenvalue weighted by molar-refractivity contribution is 0.441. The molecule has 0 radical (unpaired) electrons. The highest BCUT2D eigenvalue weighted by atomic mass is 32.2. The minimum atomic E-state index is -3.43. The predicted molar refractivity (Wildman–Crippen MR) is 93.9 cm³/mol. The van der Waals surface area contributed by atoms with Gasteiger partial charge in [0, 0.05) is 36.4 Å². The predicted octanol–water partition coefficient (Wildman–Crippen LogP) is 3.04. The quantitative estimate of drug-likeness (QED) is 0.797. The second-order valence-electron chi connectivity index (χ2n) is 5.76. The molecule has 4 rings (SSSR count). The SMILES string of the molecule is O=S(=O)(c1ccccc1)N1CC=C(c2c[nH]c3ncccc23)CC1. The van der Waals surface area contributed by atoms with Crippen LogP contribution in [0.2, 0.25) is 0 Å². The third-order valence-electron chi connectivity index (χ3n) is 4.35. The van der Waals surface area contributed by atoms with Crippen molar-refractivity contribution in [1.29, 1.82) is 0 Å². The summed E-state index contributed by atoms with van der Waals surface area (Å²) in [7, 11) is -3.43. The number of aromatic amines is 1. The van der Waals surface area contributed by atoms with Crippen molar-refractivity contribution in [3.05, 3.63) is 66.5 Å². The molecule has 122 valence electrons. The van der Waals surface area contributed by atoms with Gasteiger partial charge in [-0.15, -0.1) is 0 Å². The topological polar surface area (TPSA) is 66.1 Å². The fraction of sp³-hybridized carbons (Fsp3) is 0.167. The lowest BCUT2D eigenvalue weighted by atomic mass is 10.0. The van der Waals surface area contributed by atoms with E-state index in [1.54, 1.807) is 30.5 Å². The Hall–Kier alpha value is -2.44. The smallest absolute Gasteiger partial charge is 0.243 e. The number of H-pyrrole nitrogens is 1. The van der Waals surface area contributed by atoms with Crippen LogP contribution in [0.1, 0.15) is 12.0 Å². The molecular formula is C18H17N3O2S. The van der Waals surface area contributed by atoms with E-state index in [1.165, 1.54) is 4.31 Å². The van der Waals surface area contributed by atoms with Gasteiger partial charge in [-0.1, -0.05) is 24.3 Å². The molecule has 3 aromatic rings. The zero-order chi connectivity index (χ0) is 16.6. The number of hydrogen-bond donors (Lipinski definition) is 1. The van der Waals surface area contributed by atoms with Crippen molar-refractivity contribution in [2.24, 2.45) is 0 Å². The van der Waals surface area contributed by atoms with E-state index in [0.717, 1.165) is 22.2 Å². The summed E-state index contributed by atoms with van der Waals surface area (Å²) < 4.78 is 26.9. The molecule has 6 heteroatoms. The van der Waals surface area contributed by atoms with E-state index in [-0.39, 0.29) is 0 Å². The van der Waals surface area contributed by atoms with Crippen molar-refractivity contribution in [2.75, 3.05) is 13.1 Å². The fourth-order valence-corrected chi connectivity index (χ4v) is 4.48. The van der Waals surface area contributed by atoms with Crippen molar-refractivity contribution in [3.8, 4) is 0 Å². The minimum absolute atomic E-state index is 0.346. The van der Waals surface area contributed by atoms with E-state index in [9.17, 15) is 8.42 Å². The van der Waals surface area contributed by atoms with E-state index in [4.69, 9.17) is 0 Å². The summed E-state index contributed by atoms with van der Waals surface area (Å²) in [6.07, 6.45) is 6.39. The Morgan fingerprint density at radius 3 is 2.67 bits per heavy atom. The fourth-order valence-electron chi connectivity index (χ4n) is 3.08. The molecule has 1 aliphatic heterocycles. The van der Waals surface area contributed by atoms with Gasteiger partial charge < -0.3 is 4.98 Å². The van der Waals surface area contributed by atoms with Crippen LogP contribution in [0.4, 0.5) is 0 Å². The maximum atomic E-state index is 12.7. The molecular weight excluding hydrogens is 322 g/mol. The highest BCUT2D eigenvalue weighted by Crippen LogP contribution is 2.30. The average molecular weight is 339 g/mol. The molecule has 0 unspecified atom stereocenters. The third kappa shape index (κ3) is 2.53. The molecule has 0 saturated heterocycles. The number of nitrogens with one attached hydrogen (secondary N) is 1. The first-order chi connectivity index (χ1) is 11.7. The van der Waals surface area contributed by atoms with Crippen LogP contribution in [0.5, 0.6) is 0 Å². The molecule has 24 heavy (non-hydrogen) atoms. The van der Waals surface area contributed by atoms with Crippen LogP contribution in [0, 0.1) is 0 Å². The maximum absolute atomic E-state index is 12.7. The minimum Gasteiger partial charge on any atom is -0.346 e. The molecule has 0 aliphatic carbocycles. The monoisotopic (exact) mass is 339 g/mol. The average Bonchev–Trinajstić information content (AvgIpc) is 3.07. The van der Waals surface area contributed by atoms with Gasteiger partial charge in [0.25, 0.3) is 0 Å². The first kappa shape index (κ1) is 15.1. The highest BCUT2D eigenvalue weighted by molar-refractivity contribution is 7.89. The van der Waals surface area contributed by atoms with Crippen molar-refractivity contribution >= 4 is 26.6 Å². The van der Waals surface area contributed by atoms with Gasteiger partial charge in [-0.3, -0.25) is 0 Å². The number of sulfonamides is 1. The van der Waals surface area contributed by atoms with Crippen molar-refractivity contribution < 1.29 is 8.42 Å². The molecule has 3 heterocycles. The number of benzene rings is 1. The summed E-state index contributed by atoms with van der Waals surface area (Å²) in [6.45, 7) is 0.871. The van der Waals surface area contributed by atoms with Gasteiger partial charge in [0.2, 0.25) is 10.0 Å². The Kier molecular flexibility index (Phi) is 3.70. The number of nitrogens with zero attached hydrogens (tertiary/aromatic N) is 2. The largest absolute Gasteiger partial charge is 0.346 e. The van der Waals surface area contributed by atoms with E-state index < -0.39 is 10.0 Å². The van der Waals surface area contributed by atoms with E-state index in [2.05, 4.69) is 9.97 Å². The molecule has 0 saturated carbocycles. The van der Waals surface area contributed by atoms with Crippen LogP contribution < -0.4 is 0 Å². The van der Waals surface area contributed by atoms with Crippen LogP contribution in [-0.4, -0.2) is 35.8 Å². The number of fused-ring (bicyclic) bond motifs is 1. The zero-order valence-corrected chi connectivity index (χ0v) is 13.8. The Morgan fingerprint density at radius 2 is 1.92 bits per heavy atom. The Balaban J connectivity index is 1.62. The second-order valence-corrected chi connectivity index (χ2v) is 7.70. The molecule has 0 spiro atoms. The van der Waals surface area contributed by atoms with Gasteiger partial charge in [0.1, 0.15) is 5.65 Å². The first-order valence-electron chi connectivity index (χ1n) is 7.83. The first-order valence-corrected chi connectivity index (χ1v) is 9.27. The summed E-state index contributed by atoms with van der Waals surface area (Å²) in [6, 6.07) is 12.5. The maximum Gasteiger partial charge on any atom is 0.243 e. The summed E-state index contributed by atoms with van der Waals surface area (Å²) in [4.78, 5) is 7.82. The van der Waals surface area contributed by atoms with E-state index in [0.29, 0.717) is 24.4 Å². The van der Waals surface area contributed by atoms with Gasteiger partial charge in [-0.2, -0.15) is 4.31 Å². The molecule has 0 atom stereocenters. The molecule has 0 fully saturated rings. The van der Waals surface area contributed by atoms with Crippen molar-refractivity contribution in [2.45, 2.75) is 11.3 Å². The molecule has 0 amide bonds. The zero-order valence-electron chi connectivity index (χ0n) is 13.0. The summed E-state index contributed by atoms with van der Waals surface area (Å²) in [5.74, 6) is 0. The Morgan fingerprint density at radius 1 is 1.08 bits per heavy atom. The molecule has 5 nitrogen and oxygen atoms in total. The normalized spacial score (nSPS) is 16.2. The Labute approximate surface area is 140 Å². The number of rotatable bonds is 3. The van der Waals surface area contributed by atoms with Gasteiger partial charge in [0.05, 0.1) is 4.90 Å². The highest BCUT2D eigenvalue weighted by Gasteiger charge is 2.26. The van der Waals surface area contributed by atoms with Crippen LogP contribution in [0.15, 0.2) is 65.8 Å². The van der Waals surface area contributed by atoms with Gasteiger partial charge in [-0.25, -0.2) is 13.4 Å². The lowest BCUT2D eigenvalue weighted by Gasteiger charge is -2.25. The summed E-state index contributed by atoms with van der Waals surface area (Å²) >= 11 is 0. The number of hydrogen-bond acceptors (Lipinski definition) is 3. The van der Waals surface area contributed by atoms with Gasteiger partial charge in [-0.05, 0) is 36.3 Å². The number of pyridine rings is 1. The summed E-state index contributed by atoms with van der Waals surface area (Å²) in [5, 5.41) is 1.07. The molecule has 1 aliphatic rings. The van der Waals surface area contributed by atoms with Crippen LogP contribution >= 0.6 is 0 Å². The molecule has 1 N–H and O–H groups in total. The van der Waals surface area contributed by atoms with Crippen LogP contribution in [0.3, 0.4) is 0 Å². The standard InChI is InChI=1S/C18H17N3O2S/c22-24(23,15-5-2-1-3-6-15)21-11-8-14(9-12-21)17-13-20-18-16(17)7-4-10-19-18/h1-8,10,13H,9,11-12H2,(H,19,20). The van der Waals surface area contributed by atoms with E-state index in [1.807, 2.05) is 30.5 Å². The lowest BCUT2D eigenvalue weighted by Crippen LogP contribution is -2.34. The van der Waals surface area contributed by atoms with Crippen LogP contribution in [0.25, 0.3) is 16.6 Å². The number of aromatic nitrogens is 2. The second kappa shape index (κ2) is 5.89. The van der Waals surface area contributed by atoms with Gasteiger partial charge >= 0.3 is 0 Å². The van der Waals surface area contributed by atoms with Crippen molar-refractivity contribution in [1.82, 2.24) is 14.3 Å². The third-order valence-corrected chi connectivity index (χ3v) is 6.23. The molecule has 0 bridgehead atoms. The van der Waals surface area contributed by atoms with Gasteiger partial charge in [0.15, 0.2) is 0 Å². The molecule has 1 aromatic carbocycles. The molecule has 2 aromatic heterocycles.